The van der Waals surface area contributed by atoms with Crippen LogP contribution in [0.15, 0.2) is 41.4 Å². The highest BCUT2D eigenvalue weighted by molar-refractivity contribution is 5.75. The van der Waals surface area contributed by atoms with Crippen molar-refractivity contribution in [2.75, 3.05) is 6.61 Å². The monoisotopic (exact) mass is 273 g/mol. The molecular formula is C17H23NO2. The summed E-state index contributed by atoms with van der Waals surface area (Å²) in [6.45, 7) is 4.55. The summed E-state index contributed by atoms with van der Waals surface area (Å²) in [5.41, 5.74) is 0.886. The van der Waals surface area contributed by atoms with Crippen LogP contribution in [0.25, 0.3) is 0 Å². The standard InChI is InChI=1S/C17H23NO2/c1-16(2,17(11-13-19)9-3-12-18-17)10-8-14-4-6-15(20)7-5-14/h3-7,9,12,19-20H,8,10-11,13H2,1-2H3. The van der Waals surface area contributed by atoms with Crippen LogP contribution < -0.4 is 0 Å². The minimum Gasteiger partial charge on any atom is -0.508 e. The molecule has 1 heterocycles. The summed E-state index contributed by atoms with van der Waals surface area (Å²) >= 11 is 0. The number of aliphatic hydroxyl groups excluding tert-OH is 1. The molecule has 2 rings (SSSR count). The average molecular weight is 273 g/mol. The Morgan fingerprint density at radius 2 is 1.90 bits per heavy atom. The summed E-state index contributed by atoms with van der Waals surface area (Å²) in [6.07, 6.45) is 8.47. The molecule has 0 saturated heterocycles. The Labute approximate surface area is 120 Å². The predicted octanol–water partition coefficient (Wildman–Crippen LogP) is 3.11. The topological polar surface area (TPSA) is 52.8 Å². The van der Waals surface area contributed by atoms with Crippen molar-refractivity contribution in [1.82, 2.24) is 0 Å². The third kappa shape index (κ3) is 2.93. The number of phenolic OH excluding ortho intramolecular Hbond substituents is 1. The van der Waals surface area contributed by atoms with Gasteiger partial charge in [-0.3, -0.25) is 4.99 Å². The van der Waals surface area contributed by atoms with Crippen molar-refractivity contribution in [3.05, 3.63) is 42.0 Å². The number of hydrogen-bond donors (Lipinski definition) is 2. The maximum absolute atomic E-state index is 9.34. The third-order valence-corrected chi connectivity index (χ3v) is 4.40. The van der Waals surface area contributed by atoms with Gasteiger partial charge in [0.2, 0.25) is 0 Å². The Morgan fingerprint density at radius 3 is 2.45 bits per heavy atom. The van der Waals surface area contributed by atoms with Gasteiger partial charge >= 0.3 is 0 Å². The Kier molecular flexibility index (Phi) is 4.29. The lowest BCUT2D eigenvalue weighted by atomic mass is 9.68. The smallest absolute Gasteiger partial charge is 0.115 e. The first-order valence-corrected chi connectivity index (χ1v) is 7.11. The van der Waals surface area contributed by atoms with Crippen molar-refractivity contribution in [2.24, 2.45) is 10.4 Å². The zero-order valence-corrected chi connectivity index (χ0v) is 12.2. The number of phenols is 1. The Morgan fingerprint density at radius 1 is 1.20 bits per heavy atom. The van der Waals surface area contributed by atoms with Crippen LogP contribution >= 0.6 is 0 Å². The summed E-state index contributed by atoms with van der Waals surface area (Å²) < 4.78 is 0. The molecule has 0 aromatic heterocycles. The Hall–Kier alpha value is -1.61. The predicted molar refractivity (Wildman–Crippen MR) is 82.3 cm³/mol. The molecule has 0 saturated carbocycles. The fraction of sp³-hybridized carbons (Fsp3) is 0.471. The first-order valence-electron chi connectivity index (χ1n) is 7.11. The van der Waals surface area contributed by atoms with Gasteiger partial charge in [-0.05, 0) is 48.4 Å². The molecule has 1 aromatic rings. The molecule has 0 bridgehead atoms. The van der Waals surface area contributed by atoms with Gasteiger partial charge in [-0.1, -0.05) is 32.1 Å². The summed E-state index contributed by atoms with van der Waals surface area (Å²) in [7, 11) is 0. The highest BCUT2D eigenvalue weighted by Crippen LogP contribution is 2.43. The number of aliphatic hydroxyl groups is 1. The van der Waals surface area contributed by atoms with Crippen LogP contribution in [-0.2, 0) is 6.42 Å². The lowest BCUT2D eigenvalue weighted by molar-refractivity contribution is 0.153. The van der Waals surface area contributed by atoms with Crippen LogP contribution in [0, 0.1) is 5.41 Å². The van der Waals surface area contributed by atoms with Gasteiger partial charge in [0.1, 0.15) is 5.75 Å². The zero-order valence-electron chi connectivity index (χ0n) is 12.2. The SMILES string of the molecule is CC(C)(CCc1ccc(O)cc1)C1(CCO)C=CC=N1. The molecule has 1 atom stereocenters. The van der Waals surface area contributed by atoms with Crippen molar-refractivity contribution in [2.45, 2.75) is 38.6 Å². The molecule has 0 spiro atoms. The lowest BCUT2D eigenvalue weighted by Crippen LogP contribution is -2.41. The third-order valence-electron chi connectivity index (χ3n) is 4.40. The second kappa shape index (κ2) is 5.80. The van der Waals surface area contributed by atoms with Gasteiger partial charge in [-0.2, -0.15) is 0 Å². The van der Waals surface area contributed by atoms with E-state index >= 15 is 0 Å². The van der Waals surface area contributed by atoms with Gasteiger partial charge in [0.05, 0.1) is 5.54 Å². The summed E-state index contributed by atoms with van der Waals surface area (Å²) in [4.78, 5) is 4.62. The van der Waals surface area contributed by atoms with E-state index in [0.29, 0.717) is 12.2 Å². The fourth-order valence-electron chi connectivity index (χ4n) is 2.81. The largest absolute Gasteiger partial charge is 0.508 e. The number of aryl methyl sites for hydroxylation is 1. The molecule has 0 amide bonds. The van der Waals surface area contributed by atoms with Gasteiger partial charge in [-0.25, -0.2) is 0 Å². The second-order valence-electron chi connectivity index (χ2n) is 6.09. The molecule has 20 heavy (non-hydrogen) atoms. The molecular weight excluding hydrogens is 250 g/mol. The first kappa shape index (κ1) is 14.8. The normalized spacial score (nSPS) is 21.6. The van der Waals surface area contributed by atoms with Crippen LogP contribution in [0.4, 0.5) is 0 Å². The van der Waals surface area contributed by atoms with E-state index in [1.165, 1.54) is 5.56 Å². The van der Waals surface area contributed by atoms with Gasteiger partial charge in [0.15, 0.2) is 0 Å². The van der Waals surface area contributed by atoms with Gasteiger partial charge in [0, 0.05) is 12.8 Å². The number of aromatic hydroxyl groups is 1. The van der Waals surface area contributed by atoms with Crippen LogP contribution in [0.2, 0.25) is 0 Å². The highest BCUT2D eigenvalue weighted by atomic mass is 16.3. The van der Waals surface area contributed by atoms with Gasteiger partial charge < -0.3 is 10.2 Å². The maximum atomic E-state index is 9.34. The Bertz CT molecular complexity index is 488. The van der Waals surface area contributed by atoms with E-state index in [4.69, 9.17) is 0 Å². The number of nitrogens with zero attached hydrogens (tertiary/aromatic N) is 1. The quantitative estimate of drug-likeness (QED) is 0.836. The fourth-order valence-corrected chi connectivity index (χ4v) is 2.81. The van der Waals surface area contributed by atoms with Crippen LogP contribution in [0.5, 0.6) is 5.75 Å². The molecule has 3 heteroatoms. The molecule has 2 N–H and O–H groups in total. The number of benzene rings is 1. The molecule has 1 aliphatic heterocycles. The number of rotatable bonds is 6. The first-order chi connectivity index (χ1) is 9.49. The van der Waals surface area contributed by atoms with Gasteiger partial charge in [0.25, 0.3) is 0 Å². The molecule has 108 valence electrons. The Balaban J connectivity index is 2.08. The van der Waals surface area contributed by atoms with Crippen molar-refractivity contribution >= 4 is 6.21 Å². The zero-order chi connectivity index (χ0) is 14.6. The summed E-state index contributed by atoms with van der Waals surface area (Å²) in [5, 5.41) is 18.6. The number of allylic oxidation sites excluding steroid dienone is 1. The molecule has 3 nitrogen and oxygen atoms in total. The van der Waals surface area contributed by atoms with E-state index in [0.717, 1.165) is 12.8 Å². The molecule has 0 fully saturated rings. The van der Waals surface area contributed by atoms with Crippen molar-refractivity contribution in [1.29, 1.82) is 0 Å². The van der Waals surface area contributed by atoms with Crippen LogP contribution in [0.1, 0.15) is 32.3 Å². The summed E-state index contributed by atoms with van der Waals surface area (Å²) in [5.74, 6) is 0.299. The van der Waals surface area contributed by atoms with E-state index in [1.54, 1.807) is 12.1 Å². The molecule has 1 aliphatic rings. The van der Waals surface area contributed by atoms with Crippen LogP contribution in [-0.4, -0.2) is 28.6 Å². The maximum Gasteiger partial charge on any atom is 0.115 e. The highest BCUT2D eigenvalue weighted by Gasteiger charge is 2.42. The summed E-state index contributed by atoms with van der Waals surface area (Å²) in [6, 6.07) is 7.36. The van der Waals surface area contributed by atoms with E-state index < -0.39 is 0 Å². The molecule has 1 unspecified atom stereocenters. The van der Waals surface area contributed by atoms with E-state index in [1.807, 2.05) is 24.4 Å². The molecule has 1 aromatic carbocycles. The van der Waals surface area contributed by atoms with E-state index in [2.05, 4.69) is 24.9 Å². The molecule has 0 aliphatic carbocycles. The number of aliphatic imine (C=N–C) groups is 1. The van der Waals surface area contributed by atoms with E-state index in [-0.39, 0.29) is 17.6 Å². The van der Waals surface area contributed by atoms with E-state index in [9.17, 15) is 10.2 Å². The minimum absolute atomic E-state index is 0.0306. The lowest BCUT2D eigenvalue weighted by Gasteiger charge is -2.40. The van der Waals surface area contributed by atoms with Crippen molar-refractivity contribution in [3.8, 4) is 5.75 Å². The second-order valence-corrected chi connectivity index (χ2v) is 6.09. The minimum atomic E-state index is -0.293. The van der Waals surface area contributed by atoms with Crippen molar-refractivity contribution in [3.63, 3.8) is 0 Å². The molecule has 0 radical (unpaired) electrons. The average Bonchev–Trinajstić information content (AvgIpc) is 2.89. The number of hydrogen-bond acceptors (Lipinski definition) is 3. The van der Waals surface area contributed by atoms with Crippen molar-refractivity contribution < 1.29 is 10.2 Å². The van der Waals surface area contributed by atoms with Gasteiger partial charge in [-0.15, -0.1) is 0 Å². The van der Waals surface area contributed by atoms with Crippen LogP contribution in [0.3, 0.4) is 0 Å².